The van der Waals surface area contributed by atoms with Gasteiger partial charge in [0, 0.05) is 4.88 Å². The molecule has 0 saturated carbocycles. The van der Waals surface area contributed by atoms with Crippen LogP contribution < -0.4 is 4.67 Å². The minimum atomic E-state index is 1.01. The van der Waals surface area contributed by atoms with Crippen molar-refractivity contribution in [2.24, 2.45) is 4.99 Å². The van der Waals surface area contributed by atoms with Crippen LogP contribution in [0.15, 0.2) is 65.7 Å². The largest absolute Gasteiger partial charge is 0.237 e. The third-order valence-corrected chi connectivity index (χ3v) is 5.10. The first-order valence-electron chi connectivity index (χ1n) is 6.08. The molecule has 0 spiro atoms. The van der Waals surface area contributed by atoms with Crippen LogP contribution in [0.4, 0.5) is 5.69 Å². The molecule has 0 saturated heterocycles. The molecule has 1 aromatic heterocycles. The molecular formula is C16H13NS2. The van der Waals surface area contributed by atoms with Crippen LogP contribution >= 0.6 is 20.7 Å². The topological polar surface area (TPSA) is 12.4 Å². The molecule has 0 atom stereocenters. The van der Waals surface area contributed by atoms with Gasteiger partial charge in [-0.05, 0) is 30.7 Å². The fourth-order valence-electron chi connectivity index (χ4n) is 1.78. The molecule has 0 aliphatic carbocycles. The Morgan fingerprint density at radius 3 is 2.32 bits per heavy atom. The monoisotopic (exact) mass is 283 g/mol. The normalized spacial score (nSPS) is 11.7. The summed E-state index contributed by atoms with van der Waals surface area (Å²) in [5.74, 6) is 0. The molecule has 0 N–H and O–H groups in total. The van der Waals surface area contributed by atoms with Crippen LogP contribution in [0.3, 0.4) is 0 Å². The first kappa shape index (κ1) is 12.3. The van der Waals surface area contributed by atoms with Crippen molar-refractivity contribution in [2.45, 2.75) is 6.92 Å². The van der Waals surface area contributed by atoms with Crippen LogP contribution in [-0.2, 0) is 0 Å². The van der Waals surface area contributed by atoms with Crippen LogP contribution in [0, 0.1) is 6.92 Å². The maximum absolute atomic E-state index is 4.66. The van der Waals surface area contributed by atoms with Gasteiger partial charge in [-0.15, -0.1) is 0 Å². The molecular weight excluding hydrogens is 270 g/mol. The highest BCUT2D eigenvalue weighted by molar-refractivity contribution is 7.69. The van der Waals surface area contributed by atoms with E-state index in [0.29, 0.717) is 0 Å². The standard InChI is InChI=1S/C16H13NS2/c1-12-7-9-14(10-8-12)17-16-11-15(18-19-16)13-5-3-2-4-6-13/h2-11H,1H3. The molecule has 0 aliphatic rings. The minimum Gasteiger partial charge on any atom is -0.237 e. The van der Waals surface area contributed by atoms with E-state index in [1.165, 1.54) is 16.0 Å². The number of hydrogen-bond donors (Lipinski definition) is 0. The van der Waals surface area contributed by atoms with Crippen molar-refractivity contribution in [2.75, 3.05) is 0 Å². The van der Waals surface area contributed by atoms with Crippen LogP contribution in [-0.4, -0.2) is 0 Å². The zero-order chi connectivity index (χ0) is 13.1. The highest BCUT2D eigenvalue weighted by Crippen LogP contribution is 2.25. The highest BCUT2D eigenvalue weighted by atomic mass is 32.9. The molecule has 0 aliphatic heterocycles. The summed E-state index contributed by atoms with van der Waals surface area (Å²) in [4.78, 5) is 5.93. The average molecular weight is 283 g/mol. The van der Waals surface area contributed by atoms with Gasteiger partial charge in [-0.3, -0.25) is 0 Å². The summed E-state index contributed by atoms with van der Waals surface area (Å²) in [6.07, 6.45) is 0. The molecule has 0 bridgehead atoms. The van der Waals surface area contributed by atoms with E-state index in [9.17, 15) is 0 Å². The predicted octanol–water partition coefficient (Wildman–Crippen LogP) is 5.02. The Kier molecular flexibility index (Phi) is 3.58. The van der Waals surface area contributed by atoms with Crippen LogP contribution in [0.1, 0.15) is 5.56 Å². The van der Waals surface area contributed by atoms with E-state index in [2.05, 4.69) is 66.5 Å². The van der Waals surface area contributed by atoms with Crippen molar-refractivity contribution in [3.63, 3.8) is 0 Å². The molecule has 2 aromatic carbocycles. The lowest BCUT2D eigenvalue weighted by atomic mass is 10.2. The molecule has 3 rings (SSSR count). The molecule has 3 aromatic rings. The summed E-state index contributed by atoms with van der Waals surface area (Å²) < 4.78 is 1.06. The van der Waals surface area contributed by atoms with Gasteiger partial charge in [0.25, 0.3) is 0 Å². The second kappa shape index (κ2) is 5.51. The molecule has 1 nitrogen and oxygen atoms in total. The summed E-state index contributed by atoms with van der Waals surface area (Å²) >= 11 is 0. The second-order valence-electron chi connectivity index (χ2n) is 4.33. The zero-order valence-corrected chi connectivity index (χ0v) is 12.2. The van der Waals surface area contributed by atoms with Crippen molar-refractivity contribution in [3.05, 3.63) is 70.9 Å². The van der Waals surface area contributed by atoms with Gasteiger partial charge in [-0.25, -0.2) is 4.99 Å². The maximum atomic E-state index is 4.66. The van der Waals surface area contributed by atoms with Gasteiger partial charge in [0.2, 0.25) is 0 Å². The number of nitrogens with zero attached hydrogens (tertiary/aromatic N) is 1. The third-order valence-electron chi connectivity index (χ3n) is 2.80. The van der Waals surface area contributed by atoms with Crippen LogP contribution in [0.2, 0.25) is 0 Å². The van der Waals surface area contributed by atoms with E-state index in [4.69, 9.17) is 0 Å². The number of benzene rings is 2. The SMILES string of the molecule is Cc1ccc(N=c2cc(-c3ccccc3)ss2)cc1. The Labute approximate surface area is 119 Å². The Hall–Kier alpha value is -1.71. The molecule has 0 amide bonds. The molecule has 94 valence electrons. The first-order chi connectivity index (χ1) is 9.31. The van der Waals surface area contributed by atoms with E-state index < -0.39 is 0 Å². The Bertz CT molecular complexity index is 721. The lowest BCUT2D eigenvalue weighted by Gasteiger charge is -1.93. The van der Waals surface area contributed by atoms with Crippen molar-refractivity contribution >= 4 is 26.4 Å². The molecule has 1 heterocycles. The van der Waals surface area contributed by atoms with Crippen molar-refractivity contribution < 1.29 is 0 Å². The molecule has 3 heteroatoms. The minimum absolute atomic E-state index is 1.01. The summed E-state index contributed by atoms with van der Waals surface area (Å²) in [6.45, 7) is 2.09. The van der Waals surface area contributed by atoms with Gasteiger partial charge in [0.05, 0.1) is 5.69 Å². The third kappa shape index (κ3) is 3.00. The number of aryl methyl sites for hydroxylation is 1. The van der Waals surface area contributed by atoms with Gasteiger partial charge in [-0.2, -0.15) is 0 Å². The Morgan fingerprint density at radius 1 is 0.842 bits per heavy atom. The Morgan fingerprint density at radius 2 is 1.58 bits per heavy atom. The van der Waals surface area contributed by atoms with E-state index in [1.54, 1.807) is 20.7 Å². The molecule has 0 radical (unpaired) electrons. The van der Waals surface area contributed by atoms with Crippen molar-refractivity contribution in [1.29, 1.82) is 0 Å². The second-order valence-corrected chi connectivity index (χ2v) is 6.52. The van der Waals surface area contributed by atoms with Gasteiger partial charge in [0.15, 0.2) is 0 Å². The van der Waals surface area contributed by atoms with Crippen molar-refractivity contribution in [1.82, 2.24) is 0 Å². The van der Waals surface area contributed by atoms with Gasteiger partial charge < -0.3 is 0 Å². The van der Waals surface area contributed by atoms with E-state index in [-0.39, 0.29) is 0 Å². The van der Waals surface area contributed by atoms with Crippen LogP contribution in [0.5, 0.6) is 0 Å². The maximum Gasteiger partial charge on any atom is 0.128 e. The highest BCUT2D eigenvalue weighted by Gasteiger charge is 1.99. The van der Waals surface area contributed by atoms with Gasteiger partial charge in [-0.1, -0.05) is 68.7 Å². The summed E-state index contributed by atoms with van der Waals surface area (Å²) in [5, 5.41) is 0. The summed E-state index contributed by atoms with van der Waals surface area (Å²) in [6, 6.07) is 20.9. The van der Waals surface area contributed by atoms with Gasteiger partial charge in [0.1, 0.15) is 4.67 Å². The lowest BCUT2D eigenvalue weighted by Crippen LogP contribution is -1.88. The quantitative estimate of drug-likeness (QED) is 0.586. The van der Waals surface area contributed by atoms with E-state index in [1.807, 2.05) is 6.07 Å². The van der Waals surface area contributed by atoms with E-state index >= 15 is 0 Å². The molecule has 19 heavy (non-hydrogen) atoms. The lowest BCUT2D eigenvalue weighted by molar-refractivity contribution is 1.38. The molecule has 0 unspecified atom stereocenters. The van der Waals surface area contributed by atoms with Crippen LogP contribution in [0.25, 0.3) is 10.4 Å². The summed E-state index contributed by atoms with van der Waals surface area (Å²) in [7, 11) is 3.49. The fraction of sp³-hybridized carbons (Fsp3) is 0.0625. The van der Waals surface area contributed by atoms with Gasteiger partial charge >= 0.3 is 0 Å². The predicted molar refractivity (Wildman–Crippen MR) is 84.0 cm³/mol. The average Bonchev–Trinajstić information content (AvgIpc) is 2.91. The van der Waals surface area contributed by atoms with Crippen molar-refractivity contribution in [3.8, 4) is 10.4 Å². The van der Waals surface area contributed by atoms with E-state index in [0.717, 1.165) is 10.4 Å². The first-order valence-corrected chi connectivity index (χ1v) is 8.23. The Balaban J connectivity index is 1.95. The smallest absolute Gasteiger partial charge is 0.128 e. The zero-order valence-electron chi connectivity index (χ0n) is 10.5. The number of rotatable bonds is 2. The number of hydrogen-bond acceptors (Lipinski definition) is 3. The summed E-state index contributed by atoms with van der Waals surface area (Å²) in [5.41, 5.74) is 3.53. The molecule has 0 fully saturated rings. The fourth-order valence-corrected chi connectivity index (χ4v) is 3.94.